The fourth-order valence-electron chi connectivity index (χ4n) is 2.70. The van der Waals surface area contributed by atoms with Crippen molar-refractivity contribution in [3.63, 3.8) is 0 Å². The molecule has 29 heavy (non-hydrogen) atoms. The summed E-state index contributed by atoms with van der Waals surface area (Å²) in [4.78, 5) is 28.7. The van der Waals surface area contributed by atoms with Gasteiger partial charge in [0.2, 0.25) is 5.91 Å². The van der Waals surface area contributed by atoms with E-state index in [-0.39, 0.29) is 16.8 Å². The second-order valence-electron chi connectivity index (χ2n) is 6.78. The maximum atomic E-state index is 12.5. The van der Waals surface area contributed by atoms with Crippen molar-refractivity contribution >= 4 is 33.4 Å². The van der Waals surface area contributed by atoms with Crippen LogP contribution < -0.4 is 10.0 Å². The van der Waals surface area contributed by atoms with Gasteiger partial charge in [0.1, 0.15) is 11.9 Å². The zero-order valence-electron chi connectivity index (χ0n) is 16.2. The zero-order chi connectivity index (χ0) is 21.2. The highest BCUT2D eigenvalue weighted by Gasteiger charge is 2.31. The molecule has 152 valence electrons. The minimum atomic E-state index is -3.66. The van der Waals surface area contributed by atoms with Crippen LogP contribution in [0.5, 0.6) is 0 Å². The lowest BCUT2D eigenvalue weighted by molar-refractivity contribution is -0.117. The molecule has 9 heteroatoms. The van der Waals surface area contributed by atoms with Crippen LogP contribution in [0.25, 0.3) is 0 Å². The summed E-state index contributed by atoms with van der Waals surface area (Å²) >= 11 is 0. The zero-order valence-corrected chi connectivity index (χ0v) is 17.0. The first-order valence-corrected chi connectivity index (χ1v) is 10.5. The quantitative estimate of drug-likeness (QED) is 0.728. The number of amides is 1. The van der Waals surface area contributed by atoms with Crippen LogP contribution in [-0.4, -0.2) is 38.3 Å². The van der Waals surface area contributed by atoms with E-state index < -0.39 is 27.9 Å². The van der Waals surface area contributed by atoms with Gasteiger partial charge in [-0.25, -0.2) is 13.2 Å². The number of amidine groups is 1. The predicted octanol–water partition coefficient (Wildman–Crippen LogP) is 2.32. The molecule has 3 rings (SSSR count). The third kappa shape index (κ3) is 4.62. The third-order valence-corrected chi connectivity index (χ3v) is 5.49. The van der Waals surface area contributed by atoms with Crippen molar-refractivity contribution in [1.29, 1.82) is 0 Å². The fourth-order valence-corrected chi connectivity index (χ4v) is 3.94. The standard InChI is InChI=1S/C20H21N3O5S/c1-12(2)28-20(25)14-8-10-15(11-9-14)22-19(24)13(3)21-18-16-6-4-5-7-17(16)29(26,27)23-18/h4-13H,1-3H3,(H,21,23)(H,22,24)/t13-/m1/s1. The van der Waals surface area contributed by atoms with Gasteiger partial charge in [-0.15, -0.1) is 0 Å². The summed E-state index contributed by atoms with van der Waals surface area (Å²) in [6.07, 6.45) is -0.222. The van der Waals surface area contributed by atoms with Crippen molar-refractivity contribution < 1.29 is 22.7 Å². The monoisotopic (exact) mass is 415 g/mol. The van der Waals surface area contributed by atoms with Crippen molar-refractivity contribution in [3.8, 4) is 0 Å². The molecule has 0 saturated heterocycles. The van der Waals surface area contributed by atoms with E-state index in [1.165, 1.54) is 6.07 Å². The number of anilines is 1. The van der Waals surface area contributed by atoms with Gasteiger partial charge in [-0.05, 0) is 57.2 Å². The number of nitrogens with zero attached hydrogens (tertiary/aromatic N) is 1. The first-order valence-electron chi connectivity index (χ1n) is 8.99. The van der Waals surface area contributed by atoms with Gasteiger partial charge in [-0.3, -0.25) is 14.5 Å². The summed E-state index contributed by atoms with van der Waals surface area (Å²) in [5, 5.41) is 2.69. The van der Waals surface area contributed by atoms with Crippen LogP contribution in [0.1, 0.15) is 36.7 Å². The molecular formula is C20H21N3O5S. The Morgan fingerprint density at radius 3 is 2.34 bits per heavy atom. The number of benzene rings is 2. The molecular weight excluding hydrogens is 394 g/mol. The van der Waals surface area contributed by atoms with Crippen LogP contribution in [0.3, 0.4) is 0 Å². The van der Waals surface area contributed by atoms with Crippen LogP contribution in [0.15, 0.2) is 58.4 Å². The number of rotatable bonds is 5. The summed E-state index contributed by atoms with van der Waals surface area (Å²) in [6, 6.07) is 11.9. The molecule has 1 aliphatic rings. The Labute approximate surface area is 169 Å². The van der Waals surface area contributed by atoms with Crippen molar-refractivity contribution in [2.75, 3.05) is 5.32 Å². The molecule has 2 aromatic carbocycles. The van der Waals surface area contributed by atoms with Gasteiger partial charge >= 0.3 is 5.97 Å². The van der Waals surface area contributed by atoms with Gasteiger partial charge in [-0.2, -0.15) is 0 Å². The van der Waals surface area contributed by atoms with Gasteiger partial charge in [0, 0.05) is 11.3 Å². The smallest absolute Gasteiger partial charge is 0.338 e. The lowest BCUT2D eigenvalue weighted by Crippen LogP contribution is -2.28. The number of esters is 1. The summed E-state index contributed by atoms with van der Waals surface area (Å²) in [7, 11) is -3.66. The Balaban J connectivity index is 1.70. The van der Waals surface area contributed by atoms with Crippen molar-refractivity contribution in [1.82, 2.24) is 4.72 Å². The maximum Gasteiger partial charge on any atom is 0.338 e. The molecule has 0 fully saturated rings. The van der Waals surface area contributed by atoms with Gasteiger partial charge in [0.25, 0.3) is 10.0 Å². The molecule has 0 unspecified atom stereocenters. The number of hydrogen-bond donors (Lipinski definition) is 2. The average Bonchev–Trinajstić information content (AvgIpc) is 2.92. The number of nitrogens with one attached hydrogen (secondary N) is 2. The normalized spacial score (nSPS) is 16.8. The lowest BCUT2D eigenvalue weighted by atomic mass is 10.2. The van der Waals surface area contributed by atoms with E-state index in [9.17, 15) is 18.0 Å². The number of carbonyl (C=O) groups excluding carboxylic acids is 2. The highest BCUT2D eigenvalue weighted by Crippen LogP contribution is 2.22. The molecule has 2 N–H and O–H groups in total. The molecule has 1 aliphatic heterocycles. The van der Waals surface area contributed by atoms with Crippen molar-refractivity contribution in [2.24, 2.45) is 4.99 Å². The first kappa shape index (κ1) is 20.5. The number of fused-ring (bicyclic) bond motifs is 1. The van der Waals surface area contributed by atoms with E-state index in [4.69, 9.17) is 4.74 Å². The Morgan fingerprint density at radius 1 is 1.03 bits per heavy atom. The summed E-state index contributed by atoms with van der Waals surface area (Å²) < 4.78 is 31.7. The van der Waals surface area contributed by atoms with Crippen LogP contribution >= 0.6 is 0 Å². The Kier molecular flexibility index (Phi) is 5.69. The van der Waals surface area contributed by atoms with Crippen molar-refractivity contribution in [3.05, 3.63) is 59.7 Å². The largest absolute Gasteiger partial charge is 0.459 e. The molecule has 0 aromatic heterocycles. The van der Waals surface area contributed by atoms with Crippen LogP contribution in [-0.2, 0) is 19.6 Å². The second-order valence-corrected chi connectivity index (χ2v) is 8.43. The molecule has 1 atom stereocenters. The molecule has 2 aromatic rings. The van der Waals surface area contributed by atoms with E-state index in [0.717, 1.165) is 0 Å². The average molecular weight is 415 g/mol. The Hall–Kier alpha value is -3.20. The van der Waals surface area contributed by atoms with E-state index >= 15 is 0 Å². The Morgan fingerprint density at radius 2 is 1.69 bits per heavy atom. The van der Waals surface area contributed by atoms with Crippen LogP contribution in [0.2, 0.25) is 0 Å². The molecule has 1 amide bonds. The number of ether oxygens (including phenoxy) is 1. The van der Waals surface area contributed by atoms with E-state index in [2.05, 4.69) is 15.0 Å². The second kappa shape index (κ2) is 8.04. The van der Waals surface area contributed by atoms with E-state index in [1.807, 2.05) is 0 Å². The molecule has 0 spiro atoms. The van der Waals surface area contributed by atoms with Gasteiger partial charge in [0.15, 0.2) is 0 Å². The topological polar surface area (TPSA) is 114 Å². The summed E-state index contributed by atoms with van der Waals surface area (Å²) in [5.41, 5.74) is 1.29. The fraction of sp³-hybridized carbons (Fsp3) is 0.250. The summed E-state index contributed by atoms with van der Waals surface area (Å²) in [5.74, 6) is -0.724. The van der Waals surface area contributed by atoms with E-state index in [0.29, 0.717) is 16.8 Å². The minimum absolute atomic E-state index is 0.134. The maximum absolute atomic E-state index is 12.5. The van der Waals surface area contributed by atoms with Crippen LogP contribution in [0, 0.1) is 0 Å². The molecule has 8 nitrogen and oxygen atoms in total. The molecule has 0 aliphatic carbocycles. The first-order chi connectivity index (χ1) is 13.7. The number of hydrogen-bond acceptors (Lipinski definition) is 6. The van der Waals surface area contributed by atoms with Gasteiger partial charge < -0.3 is 10.1 Å². The predicted molar refractivity (Wildman–Crippen MR) is 108 cm³/mol. The van der Waals surface area contributed by atoms with Gasteiger partial charge in [0.05, 0.1) is 16.6 Å². The SMILES string of the molecule is CC(C)OC(=O)c1ccc(NC(=O)[C@@H](C)N=C2NS(=O)(=O)c3ccccc32)cc1. The lowest BCUT2D eigenvalue weighted by Gasteiger charge is -2.11. The van der Waals surface area contributed by atoms with Gasteiger partial charge in [-0.1, -0.05) is 12.1 Å². The highest BCUT2D eigenvalue weighted by molar-refractivity contribution is 7.90. The Bertz CT molecular complexity index is 1080. The number of carbonyl (C=O) groups is 2. The summed E-state index contributed by atoms with van der Waals surface area (Å²) in [6.45, 7) is 5.09. The molecule has 0 bridgehead atoms. The minimum Gasteiger partial charge on any atom is -0.459 e. The van der Waals surface area contributed by atoms with E-state index in [1.54, 1.807) is 63.2 Å². The molecule has 1 heterocycles. The third-order valence-electron chi connectivity index (χ3n) is 4.10. The highest BCUT2D eigenvalue weighted by atomic mass is 32.2. The van der Waals surface area contributed by atoms with Crippen molar-refractivity contribution in [2.45, 2.75) is 37.8 Å². The van der Waals surface area contributed by atoms with Crippen LogP contribution in [0.4, 0.5) is 5.69 Å². The number of sulfonamides is 1. The molecule has 0 saturated carbocycles. The number of aliphatic imine (C=N–C) groups is 1. The molecule has 0 radical (unpaired) electrons.